The number of carbonyl (C=O) groups is 2. The molecule has 8 heteroatoms. The highest BCUT2D eigenvalue weighted by atomic mass is 32.2. The van der Waals surface area contributed by atoms with E-state index in [1.165, 1.54) is 12.1 Å². The minimum Gasteiger partial charge on any atom is -0.354 e. The predicted molar refractivity (Wildman–Crippen MR) is 122 cm³/mol. The number of rotatable bonds is 9. The van der Waals surface area contributed by atoms with E-state index < -0.39 is 16.1 Å². The van der Waals surface area contributed by atoms with E-state index in [-0.39, 0.29) is 28.5 Å². The van der Waals surface area contributed by atoms with Gasteiger partial charge in [-0.25, -0.2) is 13.6 Å². The van der Waals surface area contributed by atoms with Gasteiger partial charge in [-0.3, -0.25) is 9.59 Å². The van der Waals surface area contributed by atoms with Crippen LogP contribution in [0.5, 0.6) is 0 Å². The summed E-state index contributed by atoms with van der Waals surface area (Å²) in [6.45, 7) is 8.71. The topological polar surface area (TPSA) is 118 Å². The Morgan fingerprint density at radius 2 is 1.61 bits per heavy atom. The molecule has 1 atom stereocenters. The number of sulfonamides is 1. The van der Waals surface area contributed by atoms with Gasteiger partial charge in [-0.1, -0.05) is 39.8 Å². The lowest BCUT2D eigenvalue weighted by Crippen LogP contribution is -2.51. The van der Waals surface area contributed by atoms with Crippen molar-refractivity contribution < 1.29 is 18.0 Å². The number of carbonyl (C=O) groups excluding carboxylic acids is 2. The molecular weight excluding hydrogens is 414 g/mol. The van der Waals surface area contributed by atoms with Gasteiger partial charge in [0, 0.05) is 12.5 Å². The van der Waals surface area contributed by atoms with Crippen molar-refractivity contribution in [1.82, 2.24) is 10.6 Å². The van der Waals surface area contributed by atoms with Crippen molar-refractivity contribution in [3.05, 3.63) is 29.8 Å². The molecule has 7 nitrogen and oxygen atoms in total. The number of nitrogens with one attached hydrogen (secondary N) is 2. The first-order valence-corrected chi connectivity index (χ1v) is 12.7. The summed E-state index contributed by atoms with van der Waals surface area (Å²) in [7, 11) is -3.71. The van der Waals surface area contributed by atoms with Gasteiger partial charge in [-0.05, 0) is 67.6 Å². The number of hydrogen-bond acceptors (Lipinski definition) is 4. The quantitative estimate of drug-likeness (QED) is 0.535. The fraction of sp³-hybridized carbons (Fsp3) is 0.652. The van der Waals surface area contributed by atoms with Crippen LogP contribution in [0.2, 0.25) is 0 Å². The second kappa shape index (κ2) is 11.1. The molecule has 0 saturated heterocycles. The first kappa shape index (κ1) is 25.3. The van der Waals surface area contributed by atoms with Crippen molar-refractivity contribution in [2.24, 2.45) is 28.8 Å². The van der Waals surface area contributed by atoms with E-state index in [0.29, 0.717) is 24.8 Å². The Hall–Kier alpha value is -1.93. The van der Waals surface area contributed by atoms with E-state index in [1.54, 1.807) is 12.1 Å². The van der Waals surface area contributed by atoms with E-state index in [9.17, 15) is 18.0 Å². The van der Waals surface area contributed by atoms with Gasteiger partial charge in [0.05, 0.1) is 4.90 Å². The highest BCUT2D eigenvalue weighted by molar-refractivity contribution is 7.89. The van der Waals surface area contributed by atoms with Gasteiger partial charge in [0.15, 0.2) is 0 Å². The number of amides is 2. The summed E-state index contributed by atoms with van der Waals surface area (Å²) in [5.74, 6) is 1.09. The minimum absolute atomic E-state index is 0.0126. The highest BCUT2D eigenvalue weighted by Crippen LogP contribution is 2.33. The Labute approximate surface area is 186 Å². The van der Waals surface area contributed by atoms with E-state index in [2.05, 4.69) is 24.5 Å². The maximum atomic E-state index is 12.8. The van der Waals surface area contributed by atoms with Crippen molar-refractivity contribution >= 4 is 21.8 Å². The van der Waals surface area contributed by atoms with Gasteiger partial charge in [0.1, 0.15) is 6.04 Å². The molecule has 0 radical (unpaired) electrons. The van der Waals surface area contributed by atoms with Gasteiger partial charge in [0.2, 0.25) is 21.8 Å². The summed E-state index contributed by atoms with van der Waals surface area (Å²) in [6.07, 6.45) is 4.46. The predicted octanol–water partition coefficient (Wildman–Crippen LogP) is 2.60. The monoisotopic (exact) mass is 451 g/mol. The Kier molecular flexibility index (Phi) is 9.06. The minimum atomic E-state index is -3.71. The molecule has 1 saturated carbocycles. The molecule has 0 heterocycles. The van der Waals surface area contributed by atoms with Gasteiger partial charge >= 0.3 is 0 Å². The van der Waals surface area contributed by atoms with Crippen LogP contribution in [-0.4, -0.2) is 32.8 Å². The van der Waals surface area contributed by atoms with E-state index in [4.69, 9.17) is 5.14 Å². The van der Waals surface area contributed by atoms with Crippen molar-refractivity contribution in [3.8, 4) is 0 Å². The maximum absolute atomic E-state index is 12.8. The number of hydrogen-bond donors (Lipinski definition) is 3. The molecule has 0 unspecified atom stereocenters. The van der Waals surface area contributed by atoms with Crippen LogP contribution < -0.4 is 15.8 Å². The van der Waals surface area contributed by atoms with Crippen molar-refractivity contribution in [3.63, 3.8) is 0 Å². The van der Waals surface area contributed by atoms with Crippen LogP contribution >= 0.6 is 0 Å². The van der Waals surface area contributed by atoms with E-state index in [0.717, 1.165) is 31.2 Å². The van der Waals surface area contributed by atoms with E-state index in [1.807, 2.05) is 13.8 Å². The van der Waals surface area contributed by atoms with Crippen LogP contribution in [0.4, 0.5) is 0 Å². The molecule has 4 N–H and O–H groups in total. The Bertz CT molecular complexity index is 842. The summed E-state index contributed by atoms with van der Waals surface area (Å²) >= 11 is 0. The van der Waals surface area contributed by atoms with E-state index >= 15 is 0 Å². The molecule has 0 bridgehead atoms. The maximum Gasteiger partial charge on any atom is 0.242 e. The Morgan fingerprint density at radius 1 is 1.03 bits per heavy atom. The zero-order valence-corrected chi connectivity index (χ0v) is 19.9. The molecule has 1 aromatic carbocycles. The number of primary sulfonamides is 1. The van der Waals surface area contributed by atoms with Gasteiger partial charge in [-0.2, -0.15) is 0 Å². The zero-order chi connectivity index (χ0) is 23.2. The molecule has 0 aromatic heterocycles. The first-order chi connectivity index (χ1) is 14.5. The Balaban J connectivity index is 1.84. The lowest BCUT2D eigenvalue weighted by molar-refractivity contribution is -0.133. The molecular formula is C23H37N3O4S. The summed E-state index contributed by atoms with van der Waals surface area (Å²) < 4.78 is 22.6. The molecule has 2 rings (SSSR count). The van der Waals surface area contributed by atoms with Crippen LogP contribution in [0.25, 0.3) is 0 Å². The third-order valence-electron chi connectivity index (χ3n) is 6.30. The molecule has 1 aliphatic rings. The molecule has 0 aliphatic heterocycles. The van der Waals surface area contributed by atoms with Crippen LogP contribution in [0.3, 0.4) is 0 Å². The lowest BCUT2D eigenvalue weighted by Gasteiger charge is -2.31. The van der Waals surface area contributed by atoms with Gasteiger partial charge in [0.25, 0.3) is 0 Å². The van der Waals surface area contributed by atoms with Gasteiger partial charge in [-0.15, -0.1) is 0 Å². The zero-order valence-electron chi connectivity index (χ0n) is 19.1. The number of nitrogens with two attached hydrogens (primary N) is 1. The molecule has 1 aromatic rings. The molecule has 174 valence electrons. The fourth-order valence-corrected chi connectivity index (χ4v) is 4.66. The standard InChI is InChI=1S/C23H37N3O4S/c1-15(2)18-7-9-19(10-8-18)22(27)26-21(16(3)4)23(28)25-14-13-17-5-11-20(12-6-17)31(24,29)30/h5-6,11-12,15-16,18-19,21H,7-10,13-14H2,1-4H3,(H,25,28)(H,26,27)(H2,24,29,30)/t18?,19?,21-/m1/s1. The van der Waals surface area contributed by atoms with Gasteiger partial charge < -0.3 is 10.6 Å². The van der Waals surface area contributed by atoms with Crippen LogP contribution in [-0.2, 0) is 26.0 Å². The average molecular weight is 452 g/mol. The summed E-state index contributed by atoms with van der Waals surface area (Å²) in [5.41, 5.74) is 0.889. The summed E-state index contributed by atoms with van der Waals surface area (Å²) in [4.78, 5) is 25.5. The smallest absolute Gasteiger partial charge is 0.242 e. The third-order valence-corrected chi connectivity index (χ3v) is 7.23. The fourth-order valence-electron chi connectivity index (χ4n) is 4.14. The van der Waals surface area contributed by atoms with Crippen LogP contribution in [0.15, 0.2) is 29.2 Å². The third kappa shape index (κ3) is 7.61. The van der Waals surface area contributed by atoms with Crippen LogP contribution in [0, 0.1) is 23.7 Å². The largest absolute Gasteiger partial charge is 0.354 e. The molecule has 1 aliphatic carbocycles. The second-order valence-electron chi connectivity index (χ2n) is 9.32. The normalized spacial score (nSPS) is 20.5. The lowest BCUT2D eigenvalue weighted by atomic mass is 9.76. The summed E-state index contributed by atoms with van der Waals surface area (Å²) in [6, 6.07) is 5.71. The van der Waals surface area contributed by atoms with Crippen LogP contribution in [0.1, 0.15) is 58.9 Å². The molecule has 31 heavy (non-hydrogen) atoms. The second-order valence-corrected chi connectivity index (χ2v) is 10.9. The van der Waals surface area contributed by atoms with Crippen molar-refractivity contribution in [2.45, 2.75) is 70.7 Å². The summed E-state index contributed by atoms with van der Waals surface area (Å²) in [5, 5.41) is 11.0. The Morgan fingerprint density at radius 3 is 2.10 bits per heavy atom. The van der Waals surface area contributed by atoms with Crippen molar-refractivity contribution in [1.29, 1.82) is 0 Å². The van der Waals surface area contributed by atoms with Crippen molar-refractivity contribution in [2.75, 3.05) is 6.54 Å². The average Bonchev–Trinajstić information content (AvgIpc) is 2.71. The highest BCUT2D eigenvalue weighted by Gasteiger charge is 2.31. The first-order valence-electron chi connectivity index (χ1n) is 11.2. The molecule has 1 fully saturated rings. The SMILES string of the molecule is CC(C)C1CCC(C(=O)N[C@@H](C(=O)NCCc2ccc(S(N)(=O)=O)cc2)C(C)C)CC1. The number of benzene rings is 1. The molecule has 0 spiro atoms. The molecule has 2 amide bonds.